The Morgan fingerprint density at radius 1 is 1.12 bits per heavy atom. The molecule has 0 radical (unpaired) electrons. The van der Waals surface area contributed by atoms with Crippen LogP contribution in [0.1, 0.15) is 17.4 Å². The van der Waals surface area contributed by atoms with Crippen LogP contribution in [0.2, 0.25) is 0 Å². The second-order valence-corrected chi connectivity index (χ2v) is 6.37. The summed E-state index contributed by atoms with van der Waals surface area (Å²) in [4.78, 5) is 5.79. The molecular formula is C19H19N3OS. The predicted octanol–water partition coefficient (Wildman–Crippen LogP) is 4.96. The van der Waals surface area contributed by atoms with Crippen molar-refractivity contribution >= 4 is 22.7 Å². The van der Waals surface area contributed by atoms with E-state index in [9.17, 15) is 0 Å². The summed E-state index contributed by atoms with van der Waals surface area (Å²) in [6, 6.07) is 18.0. The number of nitrogens with one attached hydrogen (secondary N) is 1. The lowest BCUT2D eigenvalue weighted by molar-refractivity contribution is 0.340. The minimum atomic E-state index is 0.669. The second-order valence-electron chi connectivity index (χ2n) is 5.16. The van der Waals surface area contributed by atoms with Crippen LogP contribution in [0, 0.1) is 6.92 Å². The summed E-state index contributed by atoms with van der Waals surface area (Å²) in [5.74, 6) is 0.875. The van der Waals surface area contributed by atoms with Crippen molar-refractivity contribution in [3.05, 3.63) is 65.0 Å². The van der Waals surface area contributed by atoms with Crippen LogP contribution in [0.25, 0.3) is 11.3 Å². The Morgan fingerprint density at radius 3 is 2.58 bits per heavy atom. The van der Waals surface area contributed by atoms with Gasteiger partial charge in [-0.2, -0.15) is 5.10 Å². The Kier molecular flexibility index (Phi) is 5.23. The molecule has 0 unspecified atom stereocenters. The average molecular weight is 337 g/mol. The lowest BCUT2D eigenvalue weighted by atomic mass is 10.1. The van der Waals surface area contributed by atoms with Gasteiger partial charge in [-0.25, -0.2) is 4.98 Å². The first-order valence-electron chi connectivity index (χ1n) is 7.81. The molecule has 0 bridgehead atoms. The number of ether oxygens (including phenoxy) is 1. The van der Waals surface area contributed by atoms with Gasteiger partial charge in [-0.05, 0) is 43.7 Å². The van der Waals surface area contributed by atoms with E-state index in [2.05, 4.69) is 22.4 Å². The van der Waals surface area contributed by atoms with E-state index in [1.54, 1.807) is 17.6 Å². The molecule has 0 saturated carbocycles. The fraction of sp³-hybridized carbons (Fsp3) is 0.158. The number of rotatable bonds is 6. The van der Waals surface area contributed by atoms with Crippen LogP contribution in [0.3, 0.4) is 0 Å². The van der Waals surface area contributed by atoms with Crippen LogP contribution in [0.4, 0.5) is 5.13 Å². The van der Waals surface area contributed by atoms with Gasteiger partial charge in [-0.15, -0.1) is 11.3 Å². The molecule has 122 valence electrons. The van der Waals surface area contributed by atoms with E-state index in [-0.39, 0.29) is 0 Å². The van der Waals surface area contributed by atoms with Crippen molar-refractivity contribution in [2.24, 2.45) is 5.10 Å². The standard InChI is InChI=1S/C19H19N3OS/c1-3-23-17-11-9-16(10-12-17)18-14(2)24-19(21-18)22-20-13-15-7-5-4-6-8-15/h4-13H,3H2,1-2H3,(H,21,22)/b20-13+. The quantitative estimate of drug-likeness (QED) is 0.510. The van der Waals surface area contributed by atoms with Crippen LogP contribution >= 0.6 is 11.3 Å². The maximum absolute atomic E-state index is 5.48. The highest BCUT2D eigenvalue weighted by Gasteiger charge is 2.09. The van der Waals surface area contributed by atoms with Gasteiger partial charge in [0.05, 0.1) is 18.5 Å². The number of thiazole rings is 1. The summed E-state index contributed by atoms with van der Waals surface area (Å²) in [5.41, 5.74) is 6.10. The van der Waals surface area contributed by atoms with Gasteiger partial charge in [0.15, 0.2) is 0 Å². The molecule has 4 nitrogen and oxygen atoms in total. The highest BCUT2D eigenvalue weighted by molar-refractivity contribution is 7.15. The molecule has 0 saturated heterocycles. The zero-order chi connectivity index (χ0) is 16.8. The molecule has 1 aromatic heterocycles. The SMILES string of the molecule is CCOc1ccc(-c2nc(N/N=C/c3ccccc3)sc2C)cc1. The van der Waals surface area contributed by atoms with E-state index in [1.807, 2.05) is 61.5 Å². The molecule has 1 N–H and O–H groups in total. The average Bonchev–Trinajstić information content (AvgIpc) is 2.98. The third kappa shape index (κ3) is 4.00. The van der Waals surface area contributed by atoms with Crippen molar-refractivity contribution in [2.75, 3.05) is 12.0 Å². The Bertz CT molecular complexity index is 810. The molecule has 24 heavy (non-hydrogen) atoms. The fourth-order valence-corrected chi connectivity index (χ4v) is 3.07. The Morgan fingerprint density at radius 2 is 1.88 bits per heavy atom. The third-order valence-electron chi connectivity index (χ3n) is 3.41. The van der Waals surface area contributed by atoms with Crippen molar-refractivity contribution in [2.45, 2.75) is 13.8 Å². The summed E-state index contributed by atoms with van der Waals surface area (Å²) in [7, 11) is 0. The molecule has 0 atom stereocenters. The minimum absolute atomic E-state index is 0.669. The van der Waals surface area contributed by atoms with Crippen LogP contribution < -0.4 is 10.2 Å². The molecule has 3 aromatic rings. The molecule has 0 fully saturated rings. The van der Waals surface area contributed by atoms with Crippen LogP contribution in [-0.2, 0) is 0 Å². The lowest BCUT2D eigenvalue weighted by Crippen LogP contribution is -1.91. The maximum atomic E-state index is 5.48. The Hall–Kier alpha value is -2.66. The van der Waals surface area contributed by atoms with E-state index in [0.29, 0.717) is 6.61 Å². The summed E-state index contributed by atoms with van der Waals surface area (Å²) in [5, 5.41) is 5.03. The third-order valence-corrected chi connectivity index (χ3v) is 4.28. The number of hydrazone groups is 1. The van der Waals surface area contributed by atoms with E-state index >= 15 is 0 Å². The van der Waals surface area contributed by atoms with Crippen molar-refractivity contribution in [3.8, 4) is 17.0 Å². The molecule has 5 heteroatoms. The number of anilines is 1. The van der Waals surface area contributed by atoms with E-state index in [0.717, 1.165) is 32.6 Å². The van der Waals surface area contributed by atoms with Gasteiger partial charge in [-0.1, -0.05) is 30.3 Å². The molecule has 1 heterocycles. The number of hydrogen-bond donors (Lipinski definition) is 1. The summed E-state index contributed by atoms with van der Waals surface area (Å²) < 4.78 is 5.48. The van der Waals surface area contributed by atoms with Crippen molar-refractivity contribution in [1.82, 2.24) is 4.98 Å². The highest BCUT2D eigenvalue weighted by Crippen LogP contribution is 2.31. The lowest BCUT2D eigenvalue weighted by Gasteiger charge is -2.03. The first-order chi connectivity index (χ1) is 11.8. The Labute approximate surface area is 145 Å². The summed E-state index contributed by atoms with van der Waals surface area (Å²) in [6.07, 6.45) is 1.79. The first kappa shape index (κ1) is 16.2. The molecule has 0 aliphatic rings. The molecule has 2 aromatic carbocycles. The number of aromatic nitrogens is 1. The summed E-state index contributed by atoms with van der Waals surface area (Å²) in [6.45, 7) is 4.71. The Balaban J connectivity index is 1.71. The zero-order valence-corrected chi connectivity index (χ0v) is 14.5. The molecule has 0 aliphatic carbocycles. The number of nitrogens with zero attached hydrogens (tertiary/aromatic N) is 2. The van der Waals surface area contributed by atoms with Gasteiger partial charge >= 0.3 is 0 Å². The smallest absolute Gasteiger partial charge is 0.204 e. The largest absolute Gasteiger partial charge is 0.494 e. The molecule has 0 amide bonds. The van der Waals surface area contributed by atoms with Gasteiger partial charge in [0.25, 0.3) is 0 Å². The molecular weight excluding hydrogens is 318 g/mol. The second kappa shape index (κ2) is 7.75. The number of benzene rings is 2. The minimum Gasteiger partial charge on any atom is -0.494 e. The number of aryl methyl sites for hydroxylation is 1. The normalized spacial score (nSPS) is 10.9. The topological polar surface area (TPSA) is 46.5 Å². The number of hydrogen-bond acceptors (Lipinski definition) is 5. The van der Waals surface area contributed by atoms with Crippen molar-refractivity contribution in [3.63, 3.8) is 0 Å². The van der Waals surface area contributed by atoms with E-state index in [4.69, 9.17) is 4.74 Å². The van der Waals surface area contributed by atoms with E-state index < -0.39 is 0 Å². The van der Waals surface area contributed by atoms with Gasteiger partial charge in [0.2, 0.25) is 5.13 Å². The monoisotopic (exact) mass is 337 g/mol. The molecule has 0 aliphatic heterocycles. The zero-order valence-electron chi connectivity index (χ0n) is 13.7. The van der Waals surface area contributed by atoms with Gasteiger partial charge in [0, 0.05) is 10.4 Å². The highest BCUT2D eigenvalue weighted by atomic mass is 32.1. The first-order valence-corrected chi connectivity index (χ1v) is 8.62. The van der Waals surface area contributed by atoms with Crippen LogP contribution in [0.5, 0.6) is 5.75 Å². The molecule has 0 spiro atoms. The van der Waals surface area contributed by atoms with Gasteiger partial charge in [-0.3, -0.25) is 5.43 Å². The predicted molar refractivity (Wildman–Crippen MR) is 101 cm³/mol. The van der Waals surface area contributed by atoms with Crippen LogP contribution in [-0.4, -0.2) is 17.8 Å². The van der Waals surface area contributed by atoms with E-state index in [1.165, 1.54) is 0 Å². The van der Waals surface area contributed by atoms with Gasteiger partial charge < -0.3 is 4.74 Å². The van der Waals surface area contributed by atoms with Crippen molar-refractivity contribution in [1.29, 1.82) is 0 Å². The van der Waals surface area contributed by atoms with Crippen molar-refractivity contribution < 1.29 is 4.74 Å². The maximum Gasteiger partial charge on any atom is 0.204 e. The molecule has 3 rings (SSSR count). The van der Waals surface area contributed by atoms with Gasteiger partial charge in [0.1, 0.15) is 5.75 Å². The van der Waals surface area contributed by atoms with Crippen LogP contribution in [0.15, 0.2) is 59.7 Å². The summed E-state index contributed by atoms with van der Waals surface area (Å²) >= 11 is 1.59. The fourth-order valence-electron chi connectivity index (χ4n) is 2.29.